The molecule has 2 aromatic heterocycles. The number of rotatable bonds is 5. The molecular weight excluding hydrogens is 312 g/mol. The highest BCUT2D eigenvalue weighted by Gasteiger charge is 2.21. The summed E-state index contributed by atoms with van der Waals surface area (Å²) in [5, 5.41) is 11.8. The van der Waals surface area contributed by atoms with Crippen molar-refractivity contribution in [2.75, 3.05) is 6.54 Å². The molecule has 6 nitrogen and oxygen atoms in total. The highest BCUT2D eigenvalue weighted by atomic mass is 32.1. The molecule has 2 N–H and O–H groups in total. The lowest BCUT2D eigenvalue weighted by Crippen LogP contribution is -2.44. The van der Waals surface area contributed by atoms with Gasteiger partial charge < -0.3 is 10.6 Å². The maximum Gasteiger partial charge on any atom is 0.309 e. The smallest absolute Gasteiger partial charge is 0.309 e. The number of aryl methyl sites for hydroxylation is 2. The van der Waals surface area contributed by atoms with Crippen LogP contribution in [0.25, 0.3) is 0 Å². The largest absolute Gasteiger partial charge is 0.346 e. The molecule has 1 unspecified atom stereocenters. The summed E-state index contributed by atoms with van der Waals surface area (Å²) in [6.07, 6.45) is 0. The van der Waals surface area contributed by atoms with Crippen LogP contribution in [-0.2, 0) is 9.59 Å². The van der Waals surface area contributed by atoms with E-state index in [0.717, 1.165) is 16.3 Å². The van der Waals surface area contributed by atoms with E-state index in [-0.39, 0.29) is 12.1 Å². The number of thiophene rings is 1. The molecule has 2 rings (SSSR count). The third-order valence-corrected chi connectivity index (χ3v) is 4.27. The third kappa shape index (κ3) is 4.41. The summed E-state index contributed by atoms with van der Waals surface area (Å²) in [6, 6.07) is 5.77. The first-order valence-electron chi connectivity index (χ1n) is 7.53. The predicted octanol–water partition coefficient (Wildman–Crippen LogP) is 1.79. The number of carbonyl (C=O) groups excluding carboxylic acids is 2. The number of carbonyl (C=O) groups is 2. The first kappa shape index (κ1) is 17.2. The Kier molecular flexibility index (Phi) is 5.54. The Bertz CT molecular complexity index is 676. The van der Waals surface area contributed by atoms with Crippen LogP contribution in [0.15, 0.2) is 23.6 Å². The van der Waals surface area contributed by atoms with Gasteiger partial charge >= 0.3 is 11.8 Å². The Hall–Kier alpha value is -2.15. The maximum absolute atomic E-state index is 11.9. The minimum absolute atomic E-state index is 0.0719. The van der Waals surface area contributed by atoms with E-state index in [0.29, 0.717) is 6.54 Å². The SMILES string of the molecule is Cc1cc(C)n(C(CNC(=O)C(=O)NC(C)C)c2cccs2)n1. The summed E-state index contributed by atoms with van der Waals surface area (Å²) < 4.78 is 1.89. The lowest BCUT2D eigenvalue weighted by Gasteiger charge is -2.19. The molecule has 0 aliphatic rings. The molecule has 0 spiro atoms. The minimum Gasteiger partial charge on any atom is -0.346 e. The molecule has 2 aromatic rings. The lowest BCUT2D eigenvalue weighted by molar-refractivity contribution is -0.139. The van der Waals surface area contributed by atoms with Crippen molar-refractivity contribution >= 4 is 23.2 Å². The normalized spacial score (nSPS) is 12.2. The number of aromatic nitrogens is 2. The van der Waals surface area contributed by atoms with Crippen LogP contribution in [0.3, 0.4) is 0 Å². The van der Waals surface area contributed by atoms with Crippen molar-refractivity contribution in [2.24, 2.45) is 0 Å². The maximum atomic E-state index is 11.9. The van der Waals surface area contributed by atoms with Gasteiger partial charge in [-0.3, -0.25) is 14.3 Å². The van der Waals surface area contributed by atoms with Gasteiger partial charge in [0.2, 0.25) is 0 Å². The highest BCUT2D eigenvalue weighted by Crippen LogP contribution is 2.24. The van der Waals surface area contributed by atoms with E-state index in [9.17, 15) is 9.59 Å². The quantitative estimate of drug-likeness (QED) is 0.819. The Morgan fingerprint density at radius 1 is 1.30 bits per heavy atom. The van der Waals surface area contributed by atoms with Crippen LogP contribution < -0.4 is 10.6 Å². The standard InChI is InChI=1S/C16H22N4O2S/c1-10(2)18-16(22)15(21)17-9-13(14-6-5-7-23-14)20-12(4)8-11(3)19-20/h5-8,10,13H,9H2,1-4H3,(H,17,21)(H,18,22). The van der Waals surface area contributed by atoms with Gasteiger partial charge in [-0.15, -0.1) is 11.3 Å². The van der Waals surface area contributed by atoms with Crippen molar-refractivity contribution in [3.8, 4) is 0 Å². The van der Waals surface area contributed by atoms with Gasteiger partial charge in [-0.25, -0.2) is 0 Å². The van der Waals surface area contributed by atoms with E-state index in [2.05, 4.69) is 15.7 Å². The molecular formula is C16H22N4O2S. The van der Waals surface area contributed by atoms with Crippen LogP contribution >= 0.6 is 11.3 Å². The van der Waals surface area contributed by atoms with Crippen LogP contribution in [0.5, 0.6) is 0 Å². The van der Waals surface area contributed by atoms with E-state index in [1.165, 1.54) is 0 Å². The summed E-state index contributed by atoms with van der Waals surface area (Å²) in [5.41, 5.74) is 1.94. The van der Waals surface area contributed by atoms with Crippen LogP contribution in [-0.4, -0.2) is 34.2 Å². The molecule has 2 heterocycles. The summed E-state index contributed by atoms with van der Waals surface area (Å²) in [4.78, 5) is 24.7. The number of amides is 2. The second-order valence-corrected chi connectivity index (χ2v) is 6.72. The van der Waals surface area contributed by atoms with E-state index in [1.54, 1.807) is 11.3 Å². The summed E-state index contributed by atoms with van der Waals surface area (Å²) in [7, 11) is 0. The van der Waals surface area contributed by atoms with Crippen LogP contribution in [0.1, 0.15) is 36.2 Å². The lowest BCUT2D eigenvalue weighted by atomic mass is 10.2. The topological polar surface area (TPSA) is 76.0 Å². The first-order valence-corrected chi connectivity index (χ1v) is 8.41. The van der Waals surface area contributed by atoms with Gasteiger partial charge in [0.15, 0.2) is 0 Å². The van der Waals surface area contributed by atoms with E-state index >= 15 is 0 Å². The molecule has 23 heavy (non-hydrogen) atoms. The molecule has 0 bridgehead atoms. The van der Waals surface area contributed by atoms with E-state index < -0.39 is 11.8 Å². The average Bonchev–Trinajstić information content (AvgIpc) is 3.09. The number of nitrogens with zero attached hydrogens (tertiary/aromatic N) is 2. The second kappa shape index (κ2) is 7.41. The van der Waals surface area contributed by atoms with Crippen molar-refractivity contribution < 1.29 is 9.59 Å². The summed E-state index contributed by atoms with van der Waals surface area (Å²) in [5.74, 6) is -1.24. The van der Waals surface area contributed by atoms with Gasteiger partial charge in [0, 0.05) is 23.2 Å². The molecule has 0 aliphatic carbocycles. The molecule has 7 heteroatoms. The second-order valence-electron chi connectivity index (χ2n) is 5.74. The minimum atomic E-state index is -0.623. The van der Waals surface area contributed by atoms with Gasteiger partial charge in [0.1, 0.15) is 6.04 Å². The van der Waals surface area contributed by atoms with E-state index in [4.69, 9.17) is 0 Å². The van der Waals surface area contributed by atoms with Crippen molar-refractivity contribution in [2.45, 2.75) is 39.8 Å². The summed E-state index contributed by atoms with van der Waals surface area (Å²) >= 11 is 1.60. The fourth-order valence-electron chi connectivity index (χ4n) is 2.35. The molecule has 0 saturated carbocycles. The molecule has 0 saturated heterocycles. The van der Waals surface area contributed by atoms with Gasteiger partial charge in [0.05, 0.1) is 5.69 Å². The molecule has 0 radical (unpaired) electrons. The fourth-order valence-corrected chi connectivity index (χ4v) is 3.16. The molecule has 2 amide bonds. The zero-order valence-electron chi connectivity index (χ0n) is 13.8. The molecule has 0 fully saturated rings. The Morgan fingerprint density at radius 2 is 2.04 bits per heavy atom. The van der Waals surface area contributed by atoms with Gasteiger partial charge in [-0.2, -0.15) is 5.10 Å². The molecule has 124 valence electrons. The van der Waals surface area contributed by atoms with Gasteiger partial charge in [0.25, 0.3) is 0 Å². The number of hydrogen-bond donors (Lipinski definition) is 2. The zero-order chi connectivity index (χ0) is 17.0. The predicted molar refractivity (Wildman–Crippen MR) is 90.4 cm³/mol. The molecule has 0 aliphatic heterocycles. The van der Waals surface area contributed by atoms with E-state index in [1.807, 2.05) is 56.0 Å². The zero-order valence-corrected chi connectivity index (χ0v) is 14.6. The summed E-state index contributed by atoms with van der Waals surface area (Å²) in [6.45, 7) is 7.86. The molecule has 1 atom stereocenters. The highest BCUT2D eigenvalue weighted by molar-refractivity contribution is 7.10. The number of nitrogens with one attached hydrogen (secondary N) is 2. The van der Waals surface area contributed by atoms with Crippen molar-refractivity contribution in [1.29, 1.82) is 0 Å². The Balaban J connectivity index is 2.12. The van der Waals surface area contributed by atoms with Crippen molar-refractivity contribution in [1.82, 2.24) is 20.4 Å². The number of hydrogen-bond acceptors (Lipinski definition) is 4. The fraction of sp³-hybridized carbons (Fsp3) is 0.438. The van der Waals surface area contributed by atoms with Crippen molar-refractivity contribution in [3.63, 3.8) is 0 Å². The average molecular weight is 334 g/mol. The van der Waals surface area contributed by atoms with Crippen LogP contribution in [0.2, 0.25) is 0 Å². The van der Waals surface area contributed by atoms with Gasteiger partial charge in [-0.05, 0) is 45.2 Å². The third-order valence-electron chi connectivity index (χ3n) is 3.29. The first-order chi connectivity index (χ1) is 10.9. The van der Waals surface area contributed by atoms with Crippen LogP contribution in [0, 0.1) is 13.8 Å². The Labute approximate surface area is 139 Å². The van der Waals surface area contributed by atoms with Gasteiger partial charge in [-0.1, -0.05) is 6.07 Å². The van der Waals surface area contributed by atoms with Crippen molar-refractivity contribution in [3.05, 3.63) is 39.8 Å². The Morgan fingerprint density at radius 3 is 2.57 bits per heavy atom. The van der Waals surface area contributed by atoms with Crippen LogP contribution in [0.4, 0.5) is 0 Å². The molecule has 0 aromatic carbocycles. The monoisotopic (exact) mass is 334 g/mol.